The summed E-state index contributed by atoms with van der Waals surface area (Å²) < 4.78 is 5.05. The van der Waals surface area contributed by atoms with Crippen LogP contribution in [0.1, 0.15) is 18.2 Å². The van der Waals surface area contributed by atoms with E-state index in [0.717, 1.165) is 13.0 Å². The molecule has 2 atom stereocenters. The standard InChI is InChI=1S/C10H13NO2S/c1-7-5-9(10(12)13-7)11-6-8-3-2-4-14-8/h2-4,7,9,11H,5-6H2,1H3. The van der Waals surface area contributed by atoms with E-state index in [4.69, 9.17) is 4.74 Å². The molecule has 1 fully saturated rings. The predicted molar refractivity (Wildman–Crippen MR) is 55.1 cm³/mol. The number of nitrogens with one attached hydrogen (secondary N) is 1. The molecule has 1 aliphatic rings. The van der Waals surface area contributed by atoms with Gasteiger partial charge in [-0.2, -0.15) is 0 Å². The van der Waals surface area contributed by atoms with E-state index in [0.29, 0.717) is 0 Å². The van der Waals surface area contributed by atoms with Crippen molar-refractivity contribution in [1.29, 1.82) is 0 Å². The first kappa shape index (κ1) is 9.68. The highest BCUT2D eigenvalue weighted by molar-refractivity contribution is 7.09. The van der Waals surface area contributed by atoms with Gasteiger partial charge in [0.25, 0.3) is 0 Å². The van der Waals surface area contributed by atoms with Crippen molar-refractivity contribution < 1.29 is 9.53 Å². The van der Waals surface area contributed by atoms with Crippen LogP contribution in [0.4, 0.5) is 0 Å². The Hall–Kier alpha value is -0.870. The third kappa shape index (κ3) is 2.13. The number of carbonyl (C=O) groups excluding carboxylic acids is 1. The smallest absolute Gasteiger partial charge is 0.323 e. The van der Waals surface area contributed by atoms with Crippen LogP contribution < -0.4 is 5.32 Å². The molecule has 0 saturated carbocycles. The van der Waals surface area contributed by atoms with Crippen molar-refractivity contribution in [2.75, 3.05) is 0 Å². The molecule has 0 bridgehead atoms. The summed E-state index contributed by atoms with van der Waals surface area (Å²) >= 11 is 1.69. The van der Waals surface area contributed by atoms with Crippen molar-refractivity contribution in [3.63, 3.8) is 0 Å². The van der Waals surface area contributed by atoms with Gasteiger partial charge in [0, 0.05) is 17.8 Å². The summed E-state index contributed by atoms with van der Waals surface area (Å²) in [6.45, 7) is 2.68. The Kier molecular flexibility index (Phi) is 2.84. The first-order valence-corrected chi connectivity index (χ1v) is 5.60. The van der Waals surface area contributed by atoms with Crippen LogP contribution in [-0.2, 0) is 16.1 Å². The Morgan fingerprint density at radius 1 is 1.71 bits per heavy atom. The molecule has 4 heteroatoms. The predicted octanol–water partition coefficient (Wildman–Crippen LogP) is 1.54. The van der Waals surface area contributed by atoms with Crippen molar-refractivity contribution in [1.82, 2.24) is 5.32 Å². The molecule has 0 radical (unpaired) electrons. The lowest BCUT2D eigenvalue weighted by Gasteiger charge is -2.06. The fourth-order valence-corrected chi connectivity index (χ4v) is 2.22. The van der Waals surface area contributed by atoms with Crippen LogP contribution in [0.25, 0.3) is 0 Å². The topological polar surface area (TPSA) is 38.3 Å². The average molecular weight is 211 g/mol. The molecule has 2 rings (SSSR count). The van der Waals surface area contributed by atoms with E-state index in [1.807, 2.05) is 18.4 Å². The van der Waals surface area contributed by atoms with Gasteiger partial charge in [0.2, 0.25) is 0 Å². The Morgan fingerprint density at radius 2 is 2.57 bits per heavy atom. The first-order valence-electron chi connectivity index (χ1n) is 4.72. The molecule has 0 spiro atoms. The second kappa shape index (κ2) is 4.11. The Morgan fingerprint density at radius 3 is 3.14 bits per heavy atom. The molecule has 1 saturated heterocycles. The number of hydrogen-bond donors (Lipinski definition) is 1. The Balaban J connectivity index is 1.84. The van der Waals surface area contributed by atoms with Crippen molar-refractivity contribution >= 4 is 17.3 Å². The normalized spacial score (nSPS) is 26.5. The maximum absolute atomic E-state index is 11.3. The summed E-state index contributed by atoms with van der Waals surface area (Å²) in [5.41, 5.74) is 0. The van der Waals surface area contributed by atoms with Crippen LogP contribution in [0.15, 0.2) is 17.5 Å². The SMILES string of the molecule is CC1CC(NCc2cccs2)C(=O)O1. The van der Waals surface area contributed by atoms with E-state index in [2.05, 4.69) is 11.4 Å². The van der Waals surface area contributed by atoms with Crippen molar-refractivity contribution in [2.45, 2.75) is 32.0 Å². The fraction of sp³-hybridized carbons (Fsp3) is 0.500. The lowest BCUT2D eigenvalue weighted by Crippen LogP contribution is -2.32. The zero-order valence-corrected chi connectivity index (χ0v) is 8.84. The maximum atomic E-state index is 11.3. The first-order chi connectivity index (χ1) is 6.75. The third-order valence-corrected chi connectivity index (χ3v) is 3.15. The molecule has 0 aromatic carbocycles. The molecular formula is C10H13NO2S. The number of rotatable bonds is 3. The Labute approximate surface area is 87.1 Å². The van der Waals surface area contributed by atoms with Gasteiger partial charge in [0.15, 0.2) is 0 Å². The quantitative estimate of drug-likeness (QED) is 0.771. The van der Waals surface area contributed by atoms with Gasteiger partial charge in [0.1, 0.15) is 12.1 Å². The average Bonchev–Trinajstić information content (AvgIpc) is 2.72. The molecule has 1 aromatic heterocycles. The minimum absolute atomic E-state index is 0.0586. The fourth-order valence-electron chi connectivity index (χ4n) is 1.56. The summed E-state index contributed by atoms with van der Waals surface area (Å²) in [7, 11) is 0. The van der Waals surface area contributed by atoms with E-state index in [1.165, 1.54) is 4.88 Å². The highest BCUT2D eigenvalue weighted by Gasteiger charge is 2.31. The molecule has 1 aliphatic heterocycles. The number of cyclic esters (lactones) is 1. The minimum Gasteiger partial charge on any atom is -0.461 e. The molecule has 2 heterocycles. The van der Waals surface area contributed by atoms with E-state index < -0.39 is 0 Å². The Bertz CT molecular complexity index is 310. The van der Waals surface area contributed by atoms with Gasteiger partial charge < -0.3 is 4.74 Å². The van der Waals surface area contributed by atoms with Gasteiger partial charge in [-0.25, -0.2) is 0 Å². The molecule has 0 amide bonds. The highest BCUT2D eigenvalue weighted by atomic mass is 32.1. The molecular weight excluding hydrogens is 198 g/mol. The summed E-state index contributed by atoms with van der Waals surface area (Å²) in [5.74, 6) is -0.117. The number of thiophene rings is 1. The van der Waals surface area contributed by atoms with Crippen molar-refractivity contribution in [3.05, 3.63) is 22.4 Å². The van der Waals surface area contributed by atoms with Gasteiger partial charge in [-0.15, -0.1) is 11.3 Å². The van der Waals surface area contributed by atoms with Crippen LogP contribution in [0, 0.1) is 0 Å². The molecule has 1 aromatic rings. The molecule has 76 valence electrons. The minimum atomic E-state index is -0.118. The van der Waals surface area contributed by atoms with Crippen molar-refractivity contribution in [2.24, 2.45) is 0 Å². The largest absolute Gasteiger partial charge is 0.461 e. The van der Waals surface area contributed by atoms with Gasteiger partial charge in [-0.3, -0.25) is 10.1 Å². The lowest BCUT2D eigenvalue weighted by atomic mass is 10.2. The monoisotopic (exact) mass is 211 g/mol. The van der Waals surface area contributed by atoms with Gasteiger partial charge in [0.05, 0.1) is 0 Å². The lowest BCUT2D eigenvalue weighted by molar-refractivity contribution is -0.142. The van der Waals surface area contributed by atoms with E-state index in [1.54, 1.807) is 11.3 Å². The molecule has 1 N–H and O–H groups in total. The van der Waals surface area contributed by atoms with Gasteiger partial charge >= 0.3 is 5.97 Å². The molecule has 2 unspecified atom stereocenters. The summed E-state index contributed by atoms with van der Waals surface area (Å²) in [4.78, 5) is 12.5. The number of carbonyl (C=O) groups is 1. The number of esters is 1. The zero-order chi connectivity index (χ0) is 9.97. The van der Waals surface area contributed by atoms with E-state index >= 15 is 0 Å². The summed E-state index contributed by atoms with van der Waals surface area (Å²) in [6.07, 6.45) is 0.841. The van der Waals surface area contributed by atoms with E-state index in [9.17, 15) is 4.79 Å². The van der Waals surface area contributed by atoms with Crippen LogP contribution in [0.3, 0.4) is 0 Å². The van der Waals surface area contributed by atoms with Crippen LogP contribution in [0.5, 0.6) is 0 Å². The third-order valence-electron chi connectivity index (χ3n) is 2.27. The second-order valence-corrected chi connectivity index (χ2v) is 4.53. The van der Waals surface area contributed by atoms with Crippen molar-refractivity contribution in [3.8, 4) is 0 Å². The highest BCUT2D eigenvalue weighted by Crippen LogP contribution is 2.15. The van der Waals surface area contributed by atoms with Crippen LogP contribution >= 0.6 is 11.3 Å². The van der Waals surface area contributed by atoms with Gasteiger partial charge in [-0.1, -0.05) is 6.07 Å². The summed E-state index contributed by atoms with van der Waals surface area (Å²) in [5, 5.41) is 5.23. The van der Waals surface area contributed by atoms with Crippen LogP contribution in [0.2, 0.25) is 0 Å². The second-order valence-electron chi connectivity index (χ2n) is 3.50. The van der Waals surface area contributed by atoms with Crippen LogP contribution in [-0.4, -0.2) is 18.1 Å². The molecule has 3 nitrogen and oxygen atoms in total. The number of hydrogen-bond acceptors (Lipinski definition) is 4. The number of ether oxygens (including phenoxy) is 1. The summed E-state index contributed by atoms with van der Waals surface area (Å²) in [6, 6.07) is 3.95. The van der Waals surface area contributed by atoms with E-state index in [-0.39, 0.29) is 18.1 Å². The zero-order valence-electron chi connectivity index (χ0n) is 8.03. The van der Waals surface area contributed by atoms with Gasteiger partial charge in [-0.05, 0) is 18.4 Å². The molecule has 14 heavy (non-hydrogen) atoms. The maximum Gasteiger partial charge on any atom is 0.323 e. The molecule has 0 aliphatic carbocycles.